The number of rotatable bonds is 3. The van der Waals surface area contributed by atoms with E-state index >= 15 is 0 Å². The molecule has 0 bridgehead atoms. The Bertz CT molecular complexity index is 966. The summed E-state index contributed by atoms with van der Waals surface area (Å²) in [4.78, 5) is 4.74. The summed E-state index contributed by atoms with van der Waals surface area (Å²) in [5.74, 6) is 0.869. The van der Waals surface area contributed by atoms with Crippen LogP contribution in [0.3, 0.4) is 0 Å². The van der Waals surface area contributed by atoms with Crippen molar-refractivity contribution >= 4 is 10.9 Å². The van der Waals surface area contributed by atoms with E-state index in [1.807, 2.05) is 6.33 Å². The Labute approximate surface area is 156 Å². The molecule has 0 aliphatic heterocycles. The summed E-state index contributed by atoms with van der Waals surface area (Å²) >= 11 is 0. The Kier molecular flexibility index (Phi) is 4.52. The molecule has 1 aliphatic rings. The van der Waals surface area contributed by atoms with Gasteiger partial charge in [-0.1, -0.05) is 43.4 Å². The zero-order valence-corrected chi connectivity index (χ0v) is 16.5. The number of nitrogens with zero attached hydrogens (tertiary/aromatic N) is 2. The van der Waals surface area contributed by atoms with Crippen LogP contribution < -0.4 is 4.57 Å². The summed E-state index contributed by atoms with van der Waals surface area (Å²) in [5.41, 5.74) is 9.16. The summed E-state index contributed by atoms with van der Waals surface area (Å²) in [7, 11) is 2.10. The highest BCUT2D eigenvalue weighted by Gasteiger charge is 2.20. The monoisotopic (exact) mass is 345 g/mol. The van der Waals surface area contributed by atoms with Gasteiger partial charge in [-0.25, -0.2) is 4.57 Å². The first-order valence-electron chi connectivity index (χ1n) is 9.88. The van der Waals surface area contributed by atoms with E-state index in [1.54, 1.807) is 0 Å². The summed E-state index contributed by atoms with van der Waals surface area (Å²) in [5, 5.41) is 1.25. The summed E-state index contributed by atoms with van der Waals surface area (Å²) in [6.45, 7) is 6.61. The molecule has 1 saturated carbocycles. The molecular formula is C24H29N2+. The van der Waals surface area contributed by atoms with Crippen molar-refractivity contribution in [1.82, 2.24) is 4.98 Å². The molecule has 0 amide bonds. The van der Waals surface area contributed by atoms with Crippen LogP contribution in [0.2, 0.25) is 0 Å². The summed E-state index contributed by atoms with van der Waals surface area (Å²) in [6.07, 6.45) is 8.76. The molecule has 2 nitrogen and oxygen atoms in total. The molecule has 2 heteroatoms. The van der Waals surface area contributed by atoms with E-state index in [2.05, 4.69) is 62.7 Å². The van der Waals surface area contributed by atoms with Crippen LogP contribution in [-0.4, -0.2) is 4.98 Å². The molecule has 2 aromatic carbocycles. The highest BCUT2D eigenvalue weighted by Crippen LogP contribution is 2.32. The van der Waals surface area contributed by atoms with E-state index < -0.39 is 0 Å². The first kappa shape index (κ1) is 17.2. The molecular weight excluding hydrogens is 316 g/mol. The van der Waals surface area contributed by atoms with E-state index in [9.17, 15) is 0 Å². The molecule has 26 heavy (non-hydrogen) atoms. The molecule has 4 rings (SSSR count). The first-order chi connectivity index (χ1) is 12.5. The van der Waals surface area contributed by atoms with Crippen molar-refractivity contribution in [3.63, 3.8) is 0 Å². The minimum atomic E-state index is 0.869. The molecule has 1 fully saturated rings. The second-order valence-electron chi connectivity index (χ2n) is 8.16. The maximum absolute atomic E-state index is 4.74. The normalized spacial score (nSPS) is 15.1. The maximum Gasteiger partial charge on any atom is 0.287 e. The number of hydrogen-bond acceptors (Lipinski definition) is 1. The Balaban J connectivity index is 1.83. The second-order valence-corrected chi connectivity index (χ2v) is 8.16. The van der Waals surface area contributed by atoms with E-state index in [0.29, 0.717) is 0 Å². The zero-order chi connectivity index (χ0) is 18.3. The van der Waals surface area contributed by atoms with E-state index in [0.717, 1.165) is 11.4 Å². The van der Waals surface area contributed by atoms with Crippen LogP contribution in [0.15, 0.2) is 36.7 Å². The number of aromatic nitrogens is 2. The average Bonchev–Trinajstić information content (AvgIpc) is 3.11. The first-order valence-corrected chi connectivity index (χ1v) is 9.88. The second kappa shape index (κ2) is 6.83. The molecule has 0 spiro atoms. The molecule has 1 heterocycles. The lowest BCUT2D eigenvalue weighted by atomic mass is 9.93. The summed E-state index contributed by atoms with van der Waals surface area (Å²) in [6, 6.07) is 11.5. The topological polar surface area (TPSA) is 16.8 Å². The molecule has 0 atom stereocenters. The molecule has 3 aromatic rings. The van der Waals surface area contributed by atoms with Gasteiger partial charge in [-0.15, -0.1) is 0 Å². The Morgan fingerprint density at radius 3 is 2.58 bits per heavy atom. The lowest BCUT2D eigenvalue weighted by Crippen LogP contribution is -2.32. The van der Waals surface area contributed by atoms with Gasteiger partial charge in [0, 0.05) is 5.56 Å². The number of aryl methyl sites for hydroxylation is 3. The van der Waals surface area contributed by atoms with Crippen LogP contribution in [0.4, 0.5) is 0 Å². The zero-order valence-electron chi connectivity index (χ0n) is 16.5. The van der Waals surface area contributed by atoms with Crippen molar-refractivity contribution in [2.45, 2.75) is 52.9 Å². The van der Waals surface area contributed by atoms with Gasteiger partial charge in [0.25, 0.3) is 6.33 Å². The van der Waals surface area contributed by atoms with Crippen LogP contribution in [0, 0.1) is 26.7 Å². The van der Waals surface area contributed by atoms with Gasteiger partial charge >= 0.3 is 0 Å². The van der Waals surface area contributed by atoms with Gasteiger partial charge in [-0.05, 0) is 73.0 Å². The van der Waals surface area contributed by atoms with Crippen LogP contribution in [0.1, 0.15) is 47.9 Å². The van der Waals surface area contributed by atoms with Crippen molar-refractivity contribution in [2.75, 3.05) is 0 Å². The fraction of sp³-hybridized carbons (Fsp3) is 0.417. The fourth-order valence-electron chi connectivity index (χ4n) is 4.58. The number of benzene rings is 2. The highest BCUT2D eigenvalue weighted by atomic mass is 15.0. The molecule has 0 unspecified atom stereocenters. The molecule has 0 radical (unpaired) electrons. The molecule has 1 aliphatic carbocycles. The Morgan fingerprint density at radius 1 is 1.04 bits per heavy atom. The highest BCUT2D eigenvalue weighted by molar-refractivity contribution is 5.92. The lowest BCUT2D eigenvalue weighted by Gasteiger charge is -2.13. The smallest absolute Gasteiger partial charge is 0.232 e. The van der Waals surface area contributed by atoms with Crippen molar-refractivity contribution in [2.24, 2.45) is 13.0 Å². The average molecular weight is 346 g/mol. The van der Waals surface area contributed by atoms with Crippen molar-refractivity contribution < 1.29 is 4.57 Å². The van der Waals surface area contributed by atoms with Crippen molar-refractivity contribution in [1.29, 1.82) is 0 Å². The largest absolute Gasteiger partial charge is 0.287 e. The predicted molar refractivity (Wildman–Crippen MR) is 108 cm³/mol. The van der Waals surface area contributed by atoms with Gasteiger partial charge in [0.15, 0.2) is 5.52 Å². The fourth-order valence-corrected chi connectivity index (χ4v) is 4.58. The SMILES string of the molecule is Cc1cc(C)c(C)c(-c2c3ccc(CC4CCCC4)cc3nc[n+]2C)c1. The van der Waals surface area contributed by atoms with Gasteiger partial charge in [0.1, 0.15) is 5.69 Å². The molecule has 1 aromatic heterocycles. The van der Waals surface area contributed by atoms with Crippen molar-refractivity contribution in [3.05, 3.63) is 58.9 Å². The van der Waals surface area contributed by atoms with Crippen LogP contribution in [-0.2, 0) is 13.5 Å². The number of hydrogen-bond donors (Lipinski definition) is 0. The maximum atomic E-state index is 4.74. The molecule has 134 valence electrons. The Morgan fingerprint density at radius 2 is 1.81 bits per heavy atom. The third-order valence-electron chi connectivity index (χ3n) is 6.11. The molecule has 0 saturated heterocycles. The van der Waals surface area contributed by atoms with E-state index in [1.165, 1.54) is 71.0 Å². The summed E-state index contributed by atoms with van der Waals surface area (Å²) < 4.78 is 2.17. The van der Waals surface area contributed by atoms with Crippen LogP contribution in [0.5, 0.6) is 0 Å². The quantitative estimate of drug-likeness (QED) is 0.582. The minimum absolute atomic E-state index is 0.869. The number of fused-ring (bicyclic) bond motifs is 1. The van der Waals surface area contributed by atoms with Crippen LogP contribution >= 0.6 is 0 Å². The van der Waals surface area contributed by atoms with Gasteiger partial charge in [-0.2, -0.15) is 0 Å². The third kappa shape index (κ3) is 3.13. The van der Waals surface area contributed by atoms with Crippen LogP contribution in [0.25, 0.3) is 22.2 Å². The third-order valence-corrected chi connectivity index (χ3v) is 6.11. The van der Waals surface area contributed by atoms with E-state index in [4.69, 9.17) is 4.98 Å². The Hall–Kier alpha value is -2.22. The predicted octanol–water partition coefficient (Wildman–Crippen LogP) is 5.38. The molecule has 0 N–H and O–H groups in total. The van der Waals surface area contributed by atoms with E-state index in [-0.39, 0.29) is 0 Å². The standard InChI is InChI=1S/C24H29N2/c1-16-11-17(2)18(3)22(12-16)24-21-10-9-20(13-19-7-5-6-8-19)14-23(21)25-15-26(24)4/h9-12,14-15,19H,5-8,13H2,1-4H3/q+1. The van der Waals surface area contributed by atoms with Crippen molar-refractivity contribution in [3.8, 4) is 11.3 Å². The van der Waals surface area contributed by atoms with Gasteiger partial charge < -0.3 is 0 Å². The minimum Gasteiger partial charge on any atom is -0.232 e. The lowest BCUT2D eigenvalue weighted by molar-refractivity contribution is -0.662. The van der Waals surface area contributed by atoms with Gasteiger partial charge in [0.05, 0.1) is 12.4 Å². The van der Waals surface area contributed by atoms with Gasteiger partial charge in [0.2, 0.25) is 0 Å². The van der Waals surface area contributed by atoms with Gasteiger partial charge in [-0.3, -0.25) is 0 Å².